The van der Waals surface area contributed by atoms with Crippen molar-refractivity contribution in [3.63, 3.8) is 0 Å². The van der Waals surface area contributed by atoms with E-state index < -0.39 is 0 Å². The van der Waals surface area contributed by atoms with Gasteiger partial charge in [-0.15, -0.1) is 0 Å². The first-order valence-electron chi connectivity index (χ1n) is 6.68. The van der Waals surface area contributed by atoms with Gasteiger partial charge in [-0.2, -0.15) is 0 Å². The number of nitrogen functional groups attached to an aromatic ring is 1. The molecular weight excluding hydrogens is 238 g/mol. The van der Waals surface area contributed by atoms with E-state index in [0.29, 0.717) is 0 Å². The fraction of sp³-hybridized carbons (Fsp3) is 0.400. The van der Waals surface area contributed by atoms with E-state index in [1.165, 1.54) is 0 Å². The van der Waals surface area contributed by atoms with E-state index >= 15 is 0 Å². The second-order valence-corrected chi connectivity index (χ2v) is 5.38. The lowest BCUT2D eigenvalue weighted by Gasteiger charge is -2.24. The molecule has 1 saturated heterocycles. The van der Waals surface area contributed by atoms with Crippen LogP contribution in [0, 0.1) is 0 Å². The highest BCUT2D eigenvalue weighted by Crippen LogP contribution is 2.30. The highest BCUT2D eigenvalue weighted by atomic mass is 16.5. The molecule has 100 valence electrons. The third-order valence-corrected chi connectivity index (χ3v) is 3.81. The van der Waals surface area contributed by atoms with Crippen LogP contribution in [0.3, 0.4) is 0 Å². The number of rotatable bonds is 3. The first kappa shape index (κ1) is 12.2. The monoisotopic (exact) mass is 257 g/mol. The van der Waals surface area contributed by atoms with Gasteiger partial charge in [-0.1, -0.05) is 0 Å². The maximum atomic E-state index is 5.98. The van der Waals surface area contributed by atoms with Gasteiger partial charge in [-0.05, 0) is 38.0 Å². The number of pyridine rings is 1. The molecule has 4 nitrogen and oxygen atoms in total. The van der Waals surface area contributed by atoms with E-state index in [1.54, 1.807) is 6.20 Å². The number of aromatic nitrogens is 1. The first-order valence-corrected chi connectivity index (χ1v) is 6.68. The molecule has 1 aliphatic heterocycles. The Kier molecular flexibility index (Phi) is 3.03. The van der Waals surface area contributed by atoms with Gasteiger partial charge < -0.3 is 15.8 Å². The second-order valence-electron chi connectivity index (χ2n) is 5.38. The molecule has 1 fully saturated rings. The second kappa shape index (κ2) is 4.70. The van der Waals surface area contributed by atoms with Gasteiger partial charge in [-0.3, -0.25) is 4.98 Å². The highest BCUT2D eigenvalue weighted by Gasteiger charge is 2.29. The van der Waals surface area contributed by atoms with Crippen LogP contribution in [0.2, 0.25) is 0 Å². The fourth-order valence-electron chi connectivity index (χ4n) is 2.62. The van der Waals surface area contributed by atoms with Crippen LogP contribution in [0.25, 0.3) is 10.8 Å². The summed E-state index contributed by atoms with van der Waals surface area (Å²) in [5.41, 5.74) is 7.77. The minimum absolute atomic E-state index is 0.0548. The van der Waals surface area contributed by atoms with Crippen LogP contribution < -0.4 is 11.1 Å². The average molecular weight is 257 g/mol. The summed E-state index contributed by atoms with van der Waals surface area (Å²) in [5.74, 6) is 0. The molecule has 1 unspecified atom stereocenters. The van der Waals surface area contributed by atoms with Gasteiger partial charge in [0.2, 0.25) is 0 Å². The third kappa shape index (κ3) is 2.36. The zero-order valence-corrected chi connectivity index (χ0v) is 11.1. The van der Waals surface area contributed by atoms with Crippen LogP contribution in [0.15, 0.2) is 30.6 Å². The average Bonchev–Trinajstić information content (AvgIpc) is 2.86. The smallest absolute Gasteiger partial charge is 0.0826 e. The standard InChI is InChI=1S/C15H19N3O/c1-15(6-2-8-19-15)10-18-14-4-3-13(16)12-9-17-7-5-11(12)14/h3-5,7,9,18H,2,6,8,10,16H2,1H3. The molecule has 0 radical (unpaired) electrons. The van der Waals surface area contributed by atoms with Gasteiger partial charge in [0.1, 0.15) is 0 Å². The van der Waals surface area contributed by atoms with Crippen molar-refractivity contribution >= 4 is 22.1 Å². The minimum Gasteiger partial charge on any atom is -0.398 e. The molecule has 2 heterocycles. The van der Waals surface area contributed by atoms with Crippen LogP contribution in [0.4, 0.5) is 11.4 Å². The summed E-state index contributed by atoms with van der Waals surface area (Å²) in [6.45, 7) is 3.84. The summed E-state index contributed by atoms with van der Waals surface area (Å²) in [4.78, 5) is 4.13. The minimum atomic E-state index is -0.0548. The van der Waals surface area contributed by atoms with Gasteiger partial charge in [0.15, 0.2) is 0 Å². The zero-order valence-electron chi connectivity index (χ0n) is 11.1. The summed E-state index contributed by atoms with van der Waals surface area (Å²) >= 11 is 0. The van der Waals surface area contributed by atoms with Gasteiger partial charge >= 0.3 is 0 Å². The van der Waals surface area contributed by atoms with E-state index in [4.69, 9.17) is 10.5 Å². The Morgan fingerprint density at radius 2 is 2.26 bits per heavy atom. The Hall–Kier alpha value is -1.81. The summed E-state index contributed by atoms with van der Waals surface area (Å²) in [6, 6.07) is 5.94. The SMILES string of the molecule is CC1(CNc2ccc(N)c3cnccc23)CCCO1. The molecular formula is C15H19N3O. The maximum Gasteiger partial charge on any atom is 0.0826 e. The molecule has 0 bridgehead atoms. The summed E-state index contributed by atoms with van der Waals surface area (Å²) in [7, 11) is 0. The van der Waals surface area contributed by atoms with E-state index in [2.05, 4.69) is 17.2 Å². The van der Waals surface area contributed by atoms with Crippen molar-refractivity contribution in [3.8, 4) is 0 Å². The zero-order chi connectivity index (χ0) is 13.3. The number of anilines is 2. The normalized spacial score (nSPS) is 22.8. The lowest BCUT2D eigenvalue weighted by Crippen LogP contribution is -2.32. The van der Waals surface area contributed by atoms with Crippen molar-refractivity contribution < 1.29 is 4.74 Å². The van der Waals surface area contributed by atoms with E-state index in [-0.39, 0.29) is 5.60 Å². The number of nitrogens with one attached hydrogen (secondary N) is 1. The molecule has 1 aromatic carbocycles. The lowest BCUT2D eigenvalue weighted by atomic mass is 10.0. The Labute approximate surface area is 113 Å². The number of benzene rings is 1. The van der Waals surface area contributed by atoms with Crippen molar-refractivity contribution in [2.45, 2.75) is 25.4 Å². The van der Waals surface area contributed by atoms with Crippen molar-refractivity contribution in [1.82, 2.24) is 4.98 Å². The number of nitrogens with two attached hydrogens (primary N) is 1. The Balaban J connectivity index is 1.87. The van der Waals surface area contributed by atoms with Crippen LogP contribution in [0.5, 0.6) is 0 Å². The quantitative estimate of drug-likeness (QED) is 0.830. The summed E-state index contributed by atoms with van der Waals surface area (Å²) < 4.78 is 5.80. The molecule has 19 heavy (non-hydrogen) atoms. The van der Waals surface area contributed by atoms with Crippen molar-refractivity contribution in [3.05, 3.63) is 30.6 Å². The molecule has 3 N–H and O–H groups in total. The predicted octanol–water partition coefficient (Wildman–Crippen LogP) is 2.80. The molecule has 1 aromatic heterocycles. The number of hydrogen-bond donors (Lipinski definition) is 2. The van der Waals surface area contributed by atoms with Crippen molar-refractivity contribution in [2.24, 2.45) is 0 Å². The van der Waals surface area contributed by atoms with Crippen molar-refractivity contribution in [2.75, 3.05) is 24.2 Å². The Morgan fingerprint density at radius 1 is 1.37 bits per heavy atom. The topological polar surface area (TPSA) is 60.2 Å². The first-order chi connectivity index (χ1) is 9.18. The lowest BCUT2D eigenvalue weighted by molar-refractivity contribution is 0.0315. The largest absolute Gasteiger partial charge is 0.398 e. The molecule has 2 aromatic rings. The van der Waals surface area contributed by atoms with Gasteiger partial charge in [-0.25, -0.2) is 0 Å². The van der Waals surface area contributed by atoms with E-state index in [0.717, 1.165) is 48.1 Å². The number of hydrogen-bond acceptors (Lipinski definition) is 4. The molecule has 4 heteroatoms. The predicted molar refractivity (Wildman–Crippen MR) is 78.2 cm³/mol. The Bertz CT molecular complexity index is 591. The molecule has 0 amide bonds. The Morgan fingerprint density at radius 3 is 3.05 bits per heavy atom. The molecule has 1 atom stereocenters. The van der Waals surface area contributed by atoms with Gasteiger partial charge in [0.25, 0.3) is 0 Å². The molecule has 3 rings (SSSR count). The number of nitrogens with zero attached hydrogens (tertiary/aromatic N) is 1. The van der Waals surface area contributed by atoms with E-state index in [9.17, 15) is 0 Å². The molecule has 0 saturated carbocycles. The fourth-order valence-corrected chi connectivity index (χ4v) is 2.62. The molecule has 1 aliphatic rings. The van der Waals surface area contributed by atoms with Crippen LogP contribution in [-0.4, -0.2) is 23.7 Å². The van der Waals surface area contributed by atoms with Crippen LogP contribution in [-0.2, 0) is 4.74 Å². The number of ether oxygens (including phenoxy) is 1. The van der Waals surface area contributed by atoms with Crippen molar-refractivity contribution in [1.29, 1.82) is 0 Å². The van der Waals surface area contributed by atoms with Crippen LogP contribution in [0.1, 0.15) is 19.8 Å². The number of fused-ring (bicyclic) bond motifs is 1. The van der Waals surface area contributed by atoms with E-state index in [1.807, 2.05) is 24.4 Å². The van der Waals surface area contributed by atoms with Crippen LogP contribution >= 0.6 is 0 Å². The summed E-state index contributed by atoms with van der Waals surface area (Å²) in [6.07, 6.45) is 5.85. The highest BCUT2D eigenvalue weighted by molar-refractivity contribution is 6.00. The molecule has 0 aliphatic carbocycles. The third-order valence-electron chi connectivity index (χ3n) is 3.81. The summed E-state index contributed by atoms with van der Waals surface area (Å²) in [5, 5.41) is 5.59. The van der Waals surface area contributed by atoms with Gasteiger partial charge in [0, 0.05) is 47.7 Å². The maximum absolute atomic E-state index is 5.98. The molecule has 0 spiro atoms. The van der Waals surface area contributed by atoms with Gasteiger partial charge in [0.05, 0.1) is 5.60 Å².